The summed E-state index contributed by atoms with van der Waals surface area (Å²) in [6, 6.07) is 6.75. The molecule has 1 heterocycles. The highest BCUT2D eigenvalue weighted by Crippen LogP contribution is 2.17. The molecule has 0 radical (unpaired) electrons. The largest absolute Gasteiger partial charge is 0.508 e. The third kappa shape index (κ3) is 2.32. The summed E-state index contributed by atoms with van der Waals surface area (Å²) in [5.41, 5.74) is 0.749. The van der Waals surface area contributed by atoms with Crippen LogP contribution in [0.4, 0.5) is 0 Å². The lowest BCUT2D eigenvalue weighted by Crippen LogP contribution is -2.00. The van der Waals surface area contributed by atoms with Crippen LogP contribution in [-0.4, -0.2) is 33.2 Å². The molecule has 84 valence electrons. The molecule has 0 aliphatic carbocycles. The third-order valence-electron chi connectivity index (χ3n) is 2.01. The van der Waals surface area contributed by atoms with Gasteiger partial charge >= 0.3 is 0 Å². The summed E-state index contributed by atoms with van der Waals surface area (Å²) in [6.07, 6.45) is 3.24. The number of phenols is 1. The van der Waals surface area contributed by atoms with Crippen molar-refractivity contribution in [1.29, 1.82) is 0 Å². The van der Waals surface area contributed by atoms with Gasteiger partial charge in [-0.1, -0.05) is 6.07 Å². The smallest absolute Gasteiger partial charge is 0.157 e. The zero-order chi connectivity index (χ0) is 11.4. The van der Waals surface area contributed by atoms with E-state index >= 15 is 0 Å². The molecule has 0 atom stereocenters. The zero-order valence-corrected chi connectivity index (χ0v) is 8.58. The second kappa shape index (κ2) is 4.67. The number of aliphatic hydroxyl groups is 1. The van der Waals surface area contributed by atoms with Gasteiger partial charge in [-0.25, -0.2) is 4.68 Å². The minimum absolute atomic E-state index is 0.0305. The number of aliphatic hydroxyl groups excluding tert-OH is 1. The Bertz CT molecular complexity index is 468. The molecule has 5 nitrogen and oxygen atoms in total. The van der Waals surface area contributed by atoms with Gasteiger partial charge < -0.3 is 14.9 Å². The minimum Gasteiger partial charge on any atom is -0.508 e. The van der Waals surface area contributed by atoms with Gasteiger partial charge in [-0.3, -0.25) is 0 Å². The van der Waals surface area contributed by atoms with Crippen molar-refractivity contribution in [1.82, 2.24) is 9.78 Å². The van der Waals surface area contributed by atoms with E-state index in [9.17, 15) is 5.11 Å². The number of aromatic nitrogens is 2. The van der Waals surface area contributed by atoms with Crippen molar-refractivity contribution in [3.05, 3.63) is 36.7 Å². The fourth-order valence-electron chi connectivity index (χ4n) is 1.32. The number of nitrogens with zero attached hydrogens (tertiary/aromatic N) is 2. The van der Waals surface area contributed by atoms with Crippen molar-refractivity contribution in [2.75, 3.05) is 13.2 Å². The average molecular weight is 220 g/mol. The predicted molar refractivity (Wildman–Crippen MR) is 57.8 cm³/mol. The summed E-state index contributed by atoms with van der Waals surface area (Å²) in [6.45, 7) is 0.211. The third-order valence-corrected chi connectivity index (χ3v) is 2.01. The Morgan fingerprint density at radius 3 is 3.00 bits per heavy atom. The number of ether oxygens (including phenoxy) is 1. The van der Waals surface area contributed by atoms with E-state index in [1.807, 2.05) is 6.07 Å². The van der Waals surface area contributed by atoms with Gasteiger partial charge in [0.2, 0.25) is 0 Å². The highest BCUT2D eigenvalue weighted by molar-refractivity contribution is 5.38. The van der Waals surface area contributed by atoms with Crippen molar-refractivity contribution in [3.8, 4) is 17.2 Å². The normalized spacial score (nSPS) is 10.3. The van der Waals surface area contributed by atoms with Gasteiger partial charge in [-0.05, 0) is 12.1 Å². The van der Waals surface area contributed by atoms with Crippen LogP contribution in [0.2, 0.25) is 0 Å². The van der Waals surface area contributed by atoms with Crippen molar-refractivity contribution in [3.63, 3.8) is 0 Å². The maximum atomic E-state index is 9.32. The number of phenolic OH excluding ortho intramolecular Hbond substituents is 1. The van der Waals surface area contributed by atoms with Crippen molar-refractivity contribution in [2.45, 2.75) is 0 Å². The molecule has 1 aromatic carbocycles. The number of benzene rings is 1. The van der Waals surface area contributed by atoms with E-state index in [2.05, 4.69) is 5.10 Å². The van der Waals surface area contributed by atoms with Crippen LogP contribution in [0.1, 0.15) is 0 Å². The van der Waals surface area contributed by atoms with Gasteiger partial charge in [0.25, 0.3) is 0 Å². The quantitative estimate of drug-likeness (QED) is 0.805. The van der Waals surface area contributed by atoms with Crippen molar-refractivity contribution in [2.24, 2.45) is 0 Å². The summed E-state index contributed by atoms with van der Waals surface area (Å²) in [5, 5.41) is 22.0. The maximum Gasteiger partial charge on any atom is 0.157 e. The van der Waals surface area contributed by atoms with Crippen molar-refractivity contribution < 1.29 is 14.9 Å². The highest BCUT2D eigenvalue weighted by atomic mass is 16.5. The van der Waals surface area contributed by atoms with E-state index in [1.54, 1.807) is 35.3 Å². The number of rotatable bonds is 4. The molecule has 0 saturated heterocycles. The molecule has 0 aliphatic heterocycles. The van der Waals surface area contributed by atoms with Crippen LogP contribution in [0.15, 0.2) is 36.7 Å². The van der Waals surface area contributed by atoms with Crippen molar-refractivity contribution >= 4 is 0 Å². The summed E-state index contributed by atoms with van der Waals surface area (Å²) < 4.78 is 6.78. The predicted octanol–water partition coefficient (Wildman–Crippen LogP) is 0.949. The molecule has 5 heteroatoms. The second-order valence-electron chi connectivity index (χ2n) is 3.21. The molecule has 0 unspecified atom stereocenters. The Balaban J connectivity index is 2.18. The fraction of sp³-hybridized carbons (Fsp3) is 0.182. The lowest BCUT2D eigenvalue weighted by atomic mass is 10.3. The number of hydrogen-bond acceptors (Lipinski definition) is 4. The van der Waals surface area contributed by atoms with Crippen LogP contribution >= 0.6 is 0 Å². The van der Waals surface area contributed by atoms with Gasteiger partial charge in [-0.2, -0.15) is 5.10 Å². The molecular weight excluding hydrogens is 208 g/mol. The molecule has 1 aromatic heterocycles. The van der Waals surface area contributed by atoms with Crippen LogP contribution in [0.25, 0.3) is 5.69 Å². The molecule has 2 N–H and O–H groups in total. The Kier molecular flexibility index (Phi) is 3.07. The highest BCUT2D eigenvalue weighted by Gasteiger charge is 2.01. The molecule has 16 heavy (non-hydrogen) atoms. The lowest BCUT2D eigenvalue weighted by Gasteiger charge is -2.01. The Labute approximate surface area is 92.5 Å². The van der Waals surface area contributed by atoms with Crippen LogP contribution in [0.3, 0.4) is 0 Å². The molecule has 0 aliphatic rings. The first-order valence-corrected chi connectivity index (χ1v) is 4.87. The van der Waals surface area contributed by atoms with E-state index < -0.39 is 0 Å². The molecule has 0 saturated carbocycles. The van der Waals surface area contributed by atoms with Crippen LogP contribution in [-0.2, 0) is 0 Å². The molecule has 2 aromatic rings. The first-order chi connectivity index (χ1) is 7.79. The molecule has 0 bridgehead atoms. The zero-order valence-electron chi connectivity index (χ0n) is 8.58. The average Bonchev–Trinajstić information content (AvgIpc) is 2.75. The van der Waals surface area contributed by atoms with E-state index in [0.29, 0.717) is 5.75 Å². The summed E-state index contributed by atoms with van der Waals surface area (Å²) in [7, 11) is 0. The van der Waals surface area contributed by atoms with Gasteiger partial charge in [-0.15, -0.1) is 0 Å². The van der Waals surface area contributed by atoms with Gasteiger partial charge in [0, 0.05) is 6.07 Å². The Morgan fingerprint density at radius 2 is 2.25 bits per heavy atom. The summed E-state index contributed by atoms with van der Waals surface area (Å²) >= 11 is 0. The van der Waals surface area contributed by atoms with Crippen LogP contribution < -0.4 is 4.74 Å². The van der Waals surface area contributed by atoms with Gasteiger partial charge in [0.15, 0.2) is 5.75 Å². The van der Waals surface area contributed by atoms with E-state index in [-0.39, 0.29) is 19.0 Å². The monoisotopic (exact) mass is 220 g/mol. The van der Waals surface area contributed by atoms with Crippen LogP contribution in [0.5, 0.6) is 11.5 Å². The first-order valence-electron chi connectivity index (χ1n) is 4.87. The molecule has 0 spiro atoms. The van der Waals surface area contributed by atoms with Crippen LogP contribution in [0, 0.1) is 0 Å². The SMILES string of the molecule is OCCOc1cnn(-c2cccc(O)c2)c1. The standard InChI is InChI=1S/C11H12N2O3/c14-4-5-16-11-7-12-13(8-11)9-2-1-3-10(15)6-9/h1-3,6-8,14-15H,4-5H2. The maximum absolute atomic E-state index is 9.32. The Morgan fingerprint density at radius 1 is 1.38 bits per heavy atom. The second-order valence-corrected chi connectivity index (χ2v) is 3.21. The number of hydrogen-bond donors (Lipinski definition) is 2. The first kappa shape index (κ1) is 10.5. The summed E-state index contributed by atoms with van der Waals surface area (Å²) in [4.78, 5) is 0. The fourth-order valence-corrected chi connectivity index (χ4v) is 1.32. The van der Waals surface area contributed by atoms with E-state index in [1.165, 1.54) is 0 Å². The Hall–Kier alpha value is -2.01. The molecule has 0 fully saturated rings. The van der Waals surface area contributed by atoms with E-state index in [0.717, 1.165) is 5.69 Å². The minimum atomic E-state index is -0.0305. The molecular formula is C11H12N2O3. The number of aromatic hydroxyl groups is 1. The van der Waals surface area contributed by atoms with E-state index in [4.69, 9.17) is 9.84 Å². The van der Waals surface area contributed by atoms with Gasteiger partial charge in [0.1, 0.15) is 12.4 Å². The topological polar surface area (TPSA) is 67.5 Å². The summed E-state index contributed by atoms with van der Waals surface area (Å²) in [5.74, 6) is 0.767. The van der Waals surface area contributed by atoms with Gasteiger partial charge in [0.05, 0.1) is 24.7 Å². The lowest BCUT2D eigenvalue weighted by molar-refractivity contribution is 0.201. The molecule has 2 rings (SSSR count). The molecule has 0 amide bonds.